The molecule has 28 heavy (non-hydrogen) atoms. The zero-order valence-corrected chi connectivity index (χ0v) is 16.6. The summed E-state index contributed by atoms with van der Waals surface area (Å²) in [6, 6.07) is 12.5. The summed E-state index contributed by atoms with van der Waals surface area (Å²) in [5, 5.41) is 4.47. The topological polar surface area (TPSA) is 50.1 Å². The van der Waals surface area contributed by atoms with Crippen LogP contribution in [0, 0.1) is 0 Å². The van der Waals surface area contributed by atoms with E-state index in [2.05, 4.69) is 55.5 Å². The maximum Gasteiger partial charge on any atom is 0.145 e. The Hall–Kier alpha value is -2.77. The molecule has 3 aromatic heterocycles. The average molecular weight is 391 g/mol. The second-order valence-corrected chi connectivity index (χ2v) is 8.06. The Kier molecular flexibility index (Phi) is 4.54. The van der Waals surface area contributed by atoms with Crippen LogP contribution in [-0.2, 0) is 13.6 Å². The van der Waals surface area contributed by atoms with Crippen molar-refractivity contribution in [2.45, 2.75) is 6.54 Å². The van der Waals surface area contributed by atoms with E-state index in [4.69, 9.17) is 4.98 Å². The molecule has 0 N–H and O–H groups in total. The third kappa shape index (κ3) is 3.27. The van der Waals surface area contributed by atoms with Gasteiger partial charge in [-0.2, -0.15) is 0 Å². The van der Waals surface area contributed by atoms with E-state index in [9.17, 15) is 0 Å². The second-order valence-electron chi connectivity index (χ2n) is 7.12. The van der Waals surface area contributed by atoms with Crippen LogP contribution in [0.4, 0.5) is 5.82 Å². The summed E-state index contributed by atoms with van der Waals surface area (Å²) in [7, 11) is 2.02. The normalized spacial score (nSPS) is 15.4. The fourth-order valence-corrected chi connectivity index (χ4v) is 4.60. The maximum atomic E-state index is 4.84. The molecule has 1 aromatic carbocycles. The molecule has 1 aliphatic heterocycles. The Bertz CT molecular complexity index is 1080. The molecule has 5 rings (SSSR count). The number of anilines is 1. The minimum atomic E-state index is 0.913. The third-order valence-electron chi connectivity index (χ3n) is 5.29. The van der Waals surface area contributed by atoms with Crippen LogP contribution < -0.4 is 4.90 Å². The lowest BCUT2D eigenvalue weighted by Crippen LogP contribution is -2.46. The van der Waals surface area contributed by atoms with Crippen molar-refractivity contribution in [2.24, 2.45) is 7.05 Å². The van der Waals surface area contributed by atoms with Crippen molar-refractivity contribution < 1.29 is 0 Å². The van der Waals surface area contributed by atoms with Gasteiger partial charge in [0.2, 0.25) is 0 Å². The number of hydrogen-bond donors (Lipinski definition) is 0. The van der Waals surface area contributed by atoms with Crippen LogP contribution in [0.1, 0.15) is 5.01 Å². The van der Waals surface area contributed by atoms with Crippen LogP contribution >= 0.6 is 11.3 Å². The van der Waals surface area contributed by atoms with Crippen molar-refractivity contribution in [1.29, 1.82) is 0 Å². The number of rotatable bonds is 4. The fraction of sp³-hybridized carbons (Fsp3) is 0.286. The molecule has 1 saturated heterocycles. The summed E-state index contributed by atoms with van der Waals surface area (Å²) in [6.07, 6.45) is 3.72. The van der Waals surface area contributed by atoms with Crippen LogP contribution in [0.15, 0.2) is 54.3 Å². The van der Waals surface area contributed by atoms with E-state index in [-0.39, 0.29) is 0 Å². The minimum absolute atomic E-state index is 0.913. The third-order valence-corrected chi connectivity index (χ3v) is 6.13. The van der Waals surface area contributed by atoms with Crippen LogP contribution in [0.25, 0.3) is 22.3 Å². The van der Waals surface area contributed by atoms with Crippen LogP contribution in [0.5, 0.6) is 0 Å². The highest BCUT2D eigenvalue weighted by molar-refractivity contribution is 7.09. The van der Waals surface area contributed by atoms with Crippen LogP contribution in [0.2, 0.25) is 0 Å². The molecule has 0 aliphatic carbocycles. The number of aromatic nitrogens is 4. The number of fused-ring (bicyclic) bond motifs is 1. The molecular formula is C21H22N6S. The largest absolute Gasteiger partial charge is 0.353 e. The Morgan fingerprint density at radius 1 is 1.00 bits per heavy atom. The summed E-state index contributed by atoms with van der Waals surface area (Å²) < 4.78 is 2.05. The molecule has 0 amide bonds. The summed E-state index contributed by atoms with van der Waals surface area (Å²) in [5.74, 6) is 1.05. The molecule has 0 saturated carbocycles. The van der Waals surface area contributed by atoms with Gasteiger partial charge in [0, 0.05) is 50.4 Å². The van der Waals surface area contributed by atoms with Crippen molar-refractivity contribution in [3.05, 3.63) is 59.3 Å². The number of aryl methyl sites for hydroxylation is 1. The molecule has 7 heteroatoms. The van der Waals surface area contributed by atoms with E-state index in [1.165, 1.54) is 10.6 Å². The second kappa shape index (κ2) is 7.33. The zero-order chi connectivity index (χ0) is 18.9. The molecule has 4 heterocycles. The van der Waals surface area contributed by atoms with E-state index < -0.39 is 0 Å². The minimum Gasteiger partial charge on any atom is -0.353 e. The van der Waals surface area contributed by atoms with Crippen molar-refractivity contribution in [2.75, 3.05) is 31.1 Å². The maximum absolute atomic E-state index is 4.84. The predicted molar refractivity (Wildman–Crippen MR) is 114 cm³/mol. The van der Waals surface area contributed by atoms with Gasteiger partial charge in [-0.3, -0.25) is 4.90 Å². The first-order chi connectivity index (χ1) is 13.8. The van der Waals surface area contributed by atoms with Gasteiger partial charge in [-0.15, -0.1) is 11.3 Å². The molecule has 1 aliphatic rings. The van der Waals surface area contributed by atoms with Gasteiger partial charge in [0.05, 0.1) is 17.6 Å². The van der Waals surface area contributed by atoms with E-state index >= 15 is 0 Å². The summed E-state index contributed by atoms with van der Waals surface area (Å²) in [6.45, 7) is 4.88. The van der Waals surface area contributed by atoms with Crippen molar-refractivity contribution in [3.63, 3.8) is 0 Å². The standard InChI is InChI=1S/C21H22N6S/c1-25-8-7-17-20(25)22-15-23-21(17)27-11-9-26(10-12-27)13-19-24-18(14-28-19)16-5-3-2-4-6-16/h2-8,14-15H,9-13H2,1H3. The zero-order valence-electron chi connectivity index (χ0n) is 15.8. The number of hydrogen-bond acceptors (Lipinski definition) is 6. The molecule has 0 atom stereocenters. The van der Waals surface area contributed by atoms with Crippen LogP contribution in [0.3, 0.4) is 0 Å². The summed E-state index contributed by atoms with van der Waals surface area (Å²) in [5.41, 5.74) is 3.25. The molecule has 0 spiro atoms. The first-order valence-corrected chi connectivity index (χ1v) is 10.4. The molecule has 0 unspecified atom stereocenters. The Morgan fingerprint density at radius 3 is 2.64 bits per heavy atom. The van der Waals surface area contributed by atoms with Gasteiger partial charge in [0.25, 0.3) is 0 Å². The highest BCUT2D eigenvalue weighted by Crippen LogP contribution is 2.26. The Morgan fingerprint density at radius 2 is 1.82 bits per heavy atom. The molecule has 142 valence electrons. The summed E-state index contributed by atoms with van der Waals surface area (Å²) in [4.78, 5) is 18.7. The lowest BCUT2D eigenvalue weighted by atomic mass is 10.2. The highest BCUT2D eigenvalue weighted by Gasteiger charge is 2.21. The van der Waals surface area contributed by atoms with E-state index in [1.54, 1.807) is 17.7 Å². The van der Waals surface area contributed by atoms with Crippen molar-refractivity contribution >= 4 is 28.2 Å². The van der Waals surface area contributed by atoms with Gasteiger partial charge in [-0.25, -0.2) is 15.0 Å². The lowest BCUT2D eigenvalue weighted by molar-refractivity contribution is 0.249. The van der Waals surface area contributed by atoms with E-state index in [0.29, 0.717) is 0 Å². The molecule has 0 bridgehead atoms. The molecule has 6 nitrogen and oxygen atoms in total. The Balaban J connectivity index is 1.25. The SMILES string of the molecule is Cn1ccc2c(N3CCN(Cc4nc(-c5ccccc5)cs4)CC3)ncnc21. The number of piperazine rings is 1. The smallest absolute Gasteiger partial charge is 0.145 e. The quantitative estimate of drug-likeness (QED) is 0.534. The molecular weight excluding hydrogens is 368 g/mol. The van der Waals surface area contributed by atoms with Crippen molar-refractivity contribution in [1.82, 2.24) is 24.4 Å². The molecule has 1 fully saturated rings. The number of benzene rings is 1. The van der Waals surface area contributed by atoms with Crippen molar-refractivity contribution in [3.8, 4) is 11.3 Å². The first-order valence-electron chi connectivity index (χ1n) is 9.51. The van der Waals surface area contributed by atoms with Crippen LogP contribution in [-0.4, -0.2) is 50.6 Å². The summed E-state index contributed by atoms with van der Waals surface area (Å²) >= 11 is 1.75. The number of thiazole rings is 1. The molecule has 0 radical (unpaired) electrons. The first kappa shape index (κ1) is 17.3. The van der Waals surface area contributed by atoms with Gasteiger partial charge in [0.15, 0.2) is 0 Å². The van der Waals surface area contributed by atoms with Gasteiger partial charge in [0.1, 0.15) is 22.8 Å². The predicted octanol–water partition coefficient (Wildman–Crippen LogP) is 3.41. The lowest BCUT2D eigenvalue weighted by Gasteiger charge is -2.35. The fourth-order valence-electron chi connectivity index (χ4n) is 3.75. The average Bonchev–Trinajstić information content (AvgIpc) is 3.36. The monoisotopic (exact) mass is 390 g/mol. The van der Waals surface area contributed by atoms with E-state index in [0.717, 1.165) is 55.3 Å². The Labute approximate surface area is 168 Å². The number of nitrogens with zero attached hydrogens (tertiary/aromatic N) is 6. The molecule has 4 aromatic rings. The van der Waals surface area contributed by atoms with Gasteiger partial charge in [-0.1, -0.05) is 30.3 Å². The van der Waals surface area contributed by atoms with Gasteiger partial charge >= 0.3 is 0 Å². The van der Waals surface area contributed by atoms with E-state index in [1.807, 2.05) is 23.9 Å². The van der Waals surface area contributed by atoms with Gasteiger partial charge in [-0.05, 0) is 6.07 Å². The van der Waals surface area contributed by atoms with Gasteiger partial charge < -0.3 is 9.47 Å². The highest BCUT2D eigenvalue weighted by atomic mass is 32.1.